The van der Waals surface area contributed by atoms with Gasteiger partial charge >= 0.3 is 6.18 Å². The molecule has 1 aliphatic rings. The summed E-state index contributed by atoms with van der Waals surface area (Å²) in [4.78, 5) is 26.2. The van der Waals surface area contributed by atoms with Crippen LogP contribution in [0.25, 0.3) is 0 Å². The Labute approximate surface area is 167 Å². The first-order valence-corrected chi connectivity index (χ1v) is 9.53. The van der Waals surface area contributed by atoms with E-state index in [1.54, 1.807) is 24.3 Å². The van der Waals surface area contributed by atoms with Gasteiger partial charge in [-0.2, -0.15) is 13.2 Å². The fourth-order valence-electron chi connectivity index (χ4n) is 3.37. The monoisotopic (exact) mass is 405 g/mol. The average Bonchev–Trinajstić information content (AvgIpc) is 2.72. The van der Waals surface area contributed by atoms with E-state index in [9.17, 15) is 22.8 Å². The SMILES string of the molecule is O=C(c1ccc(Oc2ccccc2)cc1)C1CCCN(C(=O)CCC(F)(F)F)C1. The van der Waals surface area contributed by atoms with Crippen LogP contribution in [0.4, 0.5) is 13.2 Å². The van der Waals surface area contributed by atoms with Crippen molar-refractivity contribution in [3.63, 3.8) is 0 Å². The topological polar surface area (TPSA) is 46.6 Å². The number of alkyl halides is 3. The van der Waals surface area contributed by atoms with Crippen molar-refractivity contribution in [2.24, 2.45) is 5.92 Å². The molecular weight excluding hydrogens is 383 g/mol. The maximum absolute atomic E-state index is 12.8. The minimum absolute atomic E-state index is 0.107. The third-order valence-electron chi connectivity index (χ3n) is 4.88. The molecule has 0 aliphatic carbocycles. The molecule has 1 saturated heterocycles. The van der Waals surface area contributed by atoms with Gasteiger partial charge in [0.1, 0.15) is 11.5 Å². The van der Waals surface area contributed by atoms with Crippen molar-refractivity contribution >= 4 is 11.7 Å². The lowest BCUT2D eigenvalue weighted by molar-refractivity contribution is -0.149. The van der Waals surface area contributed by atoms with Gasteiger partial charge in [0.25, 0.3) is 0 Å². The fraction of sp³-hybridized carbons (Fsp3) is 0.364. The normalized spacial score (nSPS) is 17.1. The summed E-state index contributed by atoms with van der Waals surface area (Å²) in [5.74, 6) is 0.225. The van der Waals surface area contributed by atoms with Crippen LogP contribution in [-0.4, -0.2) is 35.9 Å². The summed E-state index contributed by atoms with van der Waals surface area (Å²) in [6.45, 7) is 0.558. The summed E-state index contributed by atoms with van der Waals surface area (Å²) >= 11 is 0. The first-order chi connectivity index (χ1) is 13.8. The Hall–Kier alpha value is -2.83. The van der Waals surface area contributed by atoms with Gasteiger partial charge in [-0.25, -0.2) is 0 Å². The number of Topliss-reactive ketones (excluding diaryl/α,β-unsaturated/α-hetero) is 1. The number of carbonyl (C=O) groups excluding carboxylic acids is 2. The molecular formula is C22H22F3NO3. The highest BCUT2D eigenvalue weighted by Crippen LogP contribution is 2.26. The Morgan fingerprint density at radius 2 is 1.66 bits per heavy atom. The highest BCUT2D eigenvalue weighted by molar-refractivity contribution is 5.98. The molecule has 0 spiro atoms. The predicted octanol–water partition coefficient (Wildman–Crippen LogP) is 5.24. The number of piperidine rings is 1. The van der Waals surface area contributed by atoms with Crippen LogP contribution in [0, 0.1) is 5.92 Å². The molecule has 0 bridgehead atoms. The number of likely N-dealkylation sites (tertiary alicyclic amines) is 1. The largest absolute Gasteiger partial charge is 0.457 e. The second-order valence-corrected chi connectivity index (χ2v) is 7.10. The molecule has 7 heteroatoms. The van der Waals surface area contributed by atoms with Crippen LogP contribution in [-0.2, 0) is 4.79 Å². The lowest BCUT2D eigenvalue weighted by Gasteiger charge is -2.32. The summed E-state index contributed by atoms with van der Waals surface area (Å²) in [7, 11) is 0. The first-order valence-electron chi connectivity index (χ1n) is 9.53. The number of para-hydroxylation sites is 1. The van der Waals surface area contributed by atoms with Crippen molar-refractivity contribution in [1.29, 1.82) is 0 Å². The number of hydrogen-bond acceptors (Lipinski definition) is 3. The Kier molecular flexibility index (Phi) is 6.56. The molecule has 0 aromatic heterocycles. The van der Waals surface area contributed by atoms with Crippen LogP contribution < -0.4 is 4.74 Å². The van der Waals surface area contributed by atoms with E-state index in [-0.39, 0.29) is 12.3 Å². The molecule has 0 saturated carbocycles. The number of hydrogen-bond donors (Lipinski definition) is 0. The molecule has 0 radical (unpaired) electrons. The summed E-state index contributed by atoms with van der Waals surface area (Å²) < 4.78 is 42.7. The van der Waals surface area contributed by atoms with Crippen molar-refractivity contribution < 1.29 is 27.5 Å². The Bertz CT molecular complexity index is 835. The van der Waals surface area contributed by atoms with E-state index in [4.69, 9.17) is 4.74 Å². The average molecular weight is 405 g/mol. The minimum Gasteiger partial charge on any atom is -0.457 e. The van der Waals surface area contributed by atoms with E-state index in [1.165, 1.54) is 4.90 Å². The zero-order chi connectivity index (χ0) is 20.9. The van der Waals surface area contributed by atoms with Crippen LogP contribution in [0.2, 0.25) is 0 Å². The standard InChI is InChI=1S/C22H22F3NO3/c23-22(24,25)13-12-20(27)26-14-4-5-17(15-26)21(28)16-8-10-19(11-9-16)29-18-6-2-1-3-7-18/h1-3,6-11,17H,4-5,12-15H2. The molecule has 1 amide bonds. The molecule has 1 atom stereocenters. The lowest BCUT2D eigenvalue weighted by atomic mass is 9.90. The van der Waals surface area contributed by atoms with E-state index in [1.807, 2.05) is 30.3 Å². The molecule has 1 unspecified atom stereocenters. The zero-order valence-electron chi connectivity index (χ0n) is 15.8. The Morgan fingerprint density at radius 1 is 1.00 bits per heavy atom. The number of amides is 1. The van der Waals surface area contributed by atoms with Crippen molar-refractivity contribution in [1.82, 2.24) is 4.90 Å². The van der Waals surface area contributed by atoms with Crippen molar-refractivity contribution in [3.05, 3.63) is 60.2 Å². The van der Waals surface area contributed by atoms with Crippen molar-refractivity contribution in [3.8, 4) is 11.5 Å². The second-order valence-electron chi connectivity index (χ2n) is 7.10. The number of carbonyl (C=O) groups is 2. The highest BCUT2D eigenvalue weighted by Gasteiger charge is 2.32. The van der Waals surface area contributed by atoms with Crippen LogP contribution >= 0.6 is 0 Å². The van der Waals surface area contributed by atoms with Gasteiger partial charge in [0.05, 0.1) is 6.42 Å². The maximum atomic E-state index is 12.8. The molecule has 1 heterocycles. The summed E-state index contributed by atoms with van der Waals surface area (Å²) in [6, 6.07) is 16.0. The summed E-state index contributed by atoms with van der Waals surface area (Å²) in [5.41, 5.74) is 0.500. The molecule has 154 valence electrons. The quantitative estimate of drug-likeness (QED) is 0.618. The van der Waals surface area contributed by atoms with E-state index in [0.717, 1.165) is 0 Å². The van der Waals surface area contributed by atoms with Crippen LogP contribution in [0.3, 0.4) is 0 Å². The number of nitrogens with zero attached hydrogens (tertiary/aromatic N) is 1. The van der Waals surface area contributed by atoms with Crippen molar-refractivity contribution in [2.75, 3.05) is 13.1 Å². The minimum atomic E-state index is -4.36. The molecule has 2 aromatic rings. The smallest absolute Gasteiger partial charge is 0.389 e. The fourth-order valence-corrected chi connectivity index (χ4v) is 3.37. The van der Waals surface area contributed by atoms with Gasteiger partial charge in [0, 0.05) is 31.0 Å². The highest BCUT2D eigenvalue weighted by atomic mass is 19.4. The maximum Gasteiger partial charge on any atom is 0.389 e. The number of ether oxygens (including phenoxy) is 1. The number of halogens is 3. The Balaban J connectivity index is 1.58. The first kappa shape index (κ1) is 20.9. The second kappa shape index (κ2) is 9.11. The van der Waals surface area contributed by atoms with Gasteiger partial charge in [-0.05, 0) is 49.2 Å². The third-order valence-corrected chi connectivity index (χ3v) is 4.88. The van der Waals surface area contributed by atoms with Crippen LogP contribution in [0.15, 0.2) is 54.6 Å². The molecule has 3 rings (SSSR count). The van der Waals surface area contributed by atoms with Gasteiger partial charge in [-0.15, -0.1) is 0 Å². The number of benzene rings is 2. The summed E-state index contributed by atoms with van der Waals surface area (Å²) in [5, 5.41) is 0. The zero-order valence-corrected chi connectivity index (χ0v) is 15.8. The molecule has 0 N–H and O–H groups in total. The van der Waals surface area contributed by atoms with Gasteiger partial charge in [-0.3, -0.25) is 9.59 Å². The molecule has 2 aromatic carbocycles. The van der Waals surface area contributed by atoms with E-state index < -0.39 is 30.8 Å². The van der Waals surface area contributed by atoms with E-state index >= 15 is 0 Å². The molecule has 1 aliphatic heterocycles. The molecule has 4 nitrogen and oxygen atoms in total. The van der Waals surface area contributed by atoms with Crippen molar-refractivity contribution in [2.45, 2.75) is 31.9 Å². The van der Waals surface area contributed by atoms with Gasteiger partial charge in [0.15, 0.2) is 5.78 Å². The van der Waals surface area contributed by atoms with Gasteiger partial charge < -0.3 is 9.64 Å². The number of rotatable bonds is 6. The van der Waals surface area contributed by atoms with Crippen LogP contribution in [0.5, 0.6) is 11.5 Å². The molecule has 29 heavy (non-hydrogen) atoms. The van der Waals surface area contributed by atoms with Gasteiger partial charge in [0.2, 0.25) is 5.91 Å². The van der Waals surface area contributed by atoms with Crippen LogP contribution in [0.1, 0.15) is 36.0 Å². The molecule has 1 fully saturated rings. The third kappa shape index (κ3) is 6.07. The summed E-state index contributed by atoms with van der Waals surface area (Å²) in [6.07, 6.45) is -4.85. The van der Waals surface area contributed by atoms with E-state index in [0.29, 0.717) is 36.4 Å². The number of ketones is 1. The van der Waals surface area contributed by atoms with E-state index in [2.05, 4.69) is 0 Å². The predicted molar refractivity (Wildman–Crippen MR) is 102 cm³/mol. The van der Waals surface area contributed by atoms with Gasteiger partial charge in [-0.1, -0.05) is 18.2 Å². The lowest BCUT2D eigenvalue weighted by Crippen LogP contribution is -2.42. The Morgan fingerprint density at radius 3 is 2.31 bits per heavy atom.